The van der Waals surface area contributed by atoms with Gasteiger partial charge in [-0.2, -0.15) is 0 Å². The van der Waals surface area contributed by atoms with Gasteiger partial charge in [0.15, 0.2) is 0 Å². The Hall–Kier alpha value is -1.54. The summed E-state index contributed by atoms with van der Waals surface area (Å²) >= 11 is 3.52. The Bertz CT molecular complexity index is 668. The molecule has 1 aromatic heterocycles. The number of hydrogen-bond acceptors (Lipinski definition) is 0. The molecule has 0 fully saturated rings. The first-order valence-corrected chi connectivity index (χ1v) is 6.38. The van der Waals surface area contributed by atoms with Crippen LogP contribution in [0.5, 0.6) is 0 Å². The van der Waals surface area contributed by atoms with E-state index in [1.54, 1.807) is 0 Å². The molecule has 0 bridgehead atoms. The zero-order valence-corrected chi connectivity index (χ0v) is 11.1. The van der Waals surface area contributed by atoms with Gasteiger partial charge in [0, 0.05) is 21.1 Å². The smallest absolute Gasteiger partial charge is 0.0494 e. The minimum Gasteiger partial charge on any atom is -0.354 e. The average molecular weight is 286 g/mol. The maximum Gasteiger partial charge on any atom is 0.0494 e. The van der Waals surface area contributed by atoms with Gasteiger partial charge in [-0.3, -0.25) is 0 Å². The molecule has 0 atom stereocenters. The first-order chi connectivity index (χ1) is 8.25. The lowest BCUT2D eigenvalue weighted by molar-refractivity contribution is 1.41. The molecule has 1 heterocycles. The van der Waals surface area contributed by atoms with Crippen LogP contribution in [0.25, 0.3) is 22.2 Å². The minimum absolute atomic E-state index is 1.12. The summed E-state index contributed by atoms with van der Waals surface area (Å²) in [5, 5.41) is 1.28. The molecule has 3 aromatic rings. The predicted octanol–water partition coefficient (Wildman–Crippen LogP) is 4.91. The summed E-state index contributed by atoms with van der Waals surface area (Å²) in [6, 6.07) is 16.8. The Kier molecular flexibility index (Phi) is 2.52. The van der Waals surface area contributed by atoms with Crippen LogP contribution < -0.4 is 0 Å². The van der Waals surface area contributed by atoms with Crippen LogP contribution in [0.15, 0.2) is 53.0 Å². The van der Waals surface area contributed by atoms with Crippen molar-refractivity contribution in [2.75, 3.05) is 0 Å². The highest BCUT2D eigenvalue weighted by Gasteiger charge is 2.08. The number of H-pyrrole nitrogens is 1. The van der Waals surface area contributed by atoms with E-state index in [0.717, 1.165) is 4.47 Å². The Morgan fingerprint density at radius 3 is 2.53 bits per heavy atom. The third-order valence-electron chi connectivity index (χ3n) is 3.08. The summed E-state index contributed by atoms with van der Waals surface area (Å²) in [7, 11) is 0. The second kappa shape index (κ2) is 4.04. The van der Waals surface area contributed by atoms with Crippen LogP contribution in [0.1, 0.15) is 5.56 Å². The van der Waals surface area contributed by atoms with E-state index < -0.39 is 0 Å². The molecule has 0 amide bonds. The molecule has 0 saturated carbocycles. The van der Waals surface area contributed by atoms with Crippen molar-refractivity contribution in [3.8, 4) is 11.3 Å². The lowest BCUT2D eigenvalue weighted by Crippen LogP contribution is -1.78. The van der Waals surface area contributed by atoms with E-state index >= 15 is 0 Å². The van der Waals surface area contributed by atoms with Gasteiger partial charge in [0.1, 0.15) is 0 Å². The number of nitrogens with one attached hydrogen (secondary N) is 1. The molecular weight excluding hydrogens is 274 g/mol. The summed E-state index contributed by atoms with van der Waals surface area (Å²) in [6.07, 6.45) is 0. The Morgan fingerprint density at radius 2 is 1.76 bits per heavy atom. The monoisotopic (exact) mass is 285 g/mol. The summed E-state index contributed by atoms with van der Waals surface area (Å²) in [6.45, 7) is 2.16. The van der Waals surface area contributed by atoms with Gasteiger partial charge in [0.25, 0.3) is 0 Å². The van der Waals surface area contributed by atoms with Crippen LogP contribution in [-0.2, 0) is 0 Å². The Balaban J connectivity index is 2.28. The molecule has 2 heteroatoms. The number of aryl methyl sites for hydroxylation is 1. The Labute approximate surface area is 109 Å². The summed E-state index contributed by atoms with van der Waals surface area (Å²) in [5.41, 5.74) is 4.92. The lowest BCUT2D eigenvalue weighted by Gasteiger charge is -1.99. The molecule has 0 aliphatic rings. The van der Waals surface area contributed by atoms with Gasteiger partial charge < -0.3 is 4.98 Å². The van der Waals surface area contributed by atoms with E-state index in [1.807, 2.05) is 6.07 Å². The number of aromatic amines is 1. The Morgan fingerprint density at radius 1 is 1.00 bits per heavy atom. The minimum atomic E-state index is 1.12. The number of hydrogen-bond donors (Lipinski definition) is 1. The normalized spacial score (nSPS) is 10.9. The average Bonchev–Trinajstić information content (AvgIpc) is 2.68. The van der Waals surface area contributed by atoms with Crippen molar-refractivity contribution in [1.29, 1.82) is 0 Å². The zero-order chi connectivity index (χ0) is 11.8. The number of benzene rings is 2. The molecule has 3 rings (SSSR count). The van der Waals surface area contributed by atoms with E-state index in [2.05, 4.69) is 70.3 Å². The number of fused-ring (bicyclic) bond motifs is 1. The topological polar surface area (TPSA) is 15.8 Å². The largest absolute Gasteiger partial charge is 0.354 e. The fraction of sp³-hybridized carbons (Fsp3) is 0.0667. The van der Waals surface area contributed by atoms with Crippen LogP contribution in [0, 0.1) is 6.92 Å². The van der Waals surface area contributed by atoms with E-state index in [0.29, 0.717) is 0 Å². The van der Waals surface area contributed by atoms with E-state index in [4.69, 9.17) is 0 Å². The van der Waals surface area contributed by atoms with E-state index in [1.165, 1.54) is 27.7 Å². The van der Waals surface area contributed by atoms with E-state index in [-0.39, 0.29) is 0 Å². The summed E-state index contributed by atoms with van der Waals surface area (Å²) in [5.74, 6) is 0. The van der Waals surface area contributed by atoms with Gasteiger partial charge in [-0.25, -0.2) is 0 Å². The van der Waals surface area contributed by atoms with Crippen LogP contribution >= 0.6 is 15.9 Å². The highest BCUT2D eigenvalue weighted by molar-refractivity contribution is 9.10. The number of rotatable bonds is 1. The molecule has 2 aromatic carbocycles. The van der Waals surface area contributed by atoms with Crippen molar-refractivity contribution in [2.24, 2.45) is 0 Å². The fourth-order valence-electron chi connectivity index (χ4n) is 2.19. The van der Waals surface area contributed by atoms with Crippen LogP contribution in [0.4, 0.5) is 0 Å². The van der Waals surface area contributed by atoms with Gasteiger partial charge in [0.05, 0.1) is 0 Å². The van der Waals surface area contributed by atoms with Crippen molar-refractivity contribution in [2.45, 2.75) is 6.92 Å². The van der Waals surface area contributed by atoms with Crippen molar-refractivity contribution >= 4 is 26.8 Å². The third kappa shape index (κ3) is 1.79. The van der Waals surface area contributed by atoms with Crippen LogP contribution in [-0.4, -0.2) is 4.98 Å². The summed E-state index contributed by atoms with van der Waals surface area (Å²) in [4.78, 5) is 3.49. The highest BCUT2D eigenvalue weighted by Crippen LogP contribution is 2.30. The number of halogens is 1. The van der Waals surface area contributed by atoms with Crippen molar-refractivity contribution in [1.82, 2.24) is 4.98 Å². The molecule has 0 spiro atoms. The molecule has 0 aliphatic carbocycles. The molecule has 1 nitrogen and oxygen atoms in total. The van der Waals surface area contributed by atoms with Gasteiger partial charge in [0.2, 0.25) is 0 Å². The molecule has 84 valence electrons. The molecular formula is C15H12BrN. The summed E-state index contributed by atoms with van der Waals surface area (Å²) < 4.78 is 1.12. The van der Waals surface area contributed by atoms with Gasteiger partial charge in [-0.05, 0) is 36.2 Å². The first kappa shape index (κ1) is 10.6. The lowest BCUT2D eigenvalue weighted by atomic mass is 10.1. The van der Waals surface area contributed by atoms with Crippen molar-refractivity contribution in [3.05, 3.63) is 58.6 Å². The van der Waals surface area contributed by atoms with Crippen LogP contribution in [0.3, 0.4) is 0 Å². The third-order valence-corrected chi connectivity index (χ3v) is 3.58. The van der Waals surface area contributed by atoms with Crippen molar-refractivity contribution in [3.63, 3.8) is 0 Å². The fourth-order valence-corrected chi connectivity index (χ4v) is 2.55. The second-order valence-electron chi connectivity index (χ2n) is 4.18. The van der Waals surface area contributed by atoms with Crippen molar-refractivity contribution < 1.29 is 0 Å². The molecule has 17 heavy (non-hydrogen) atoms. The second-order valence-corrected chi connectivity index (χ2v) is 5.10. The zero-order valence-electron chi connectivity index (χ0n) is 9.50. The predicted molar refractivity (Wildman–Crippen MR) is 76.2 cm³/mol. The molecule has 0 unspecified atom stereocenters. The van der Waals surface area contributed by atoms with Crippen LogP contribution in [0.2, 0.25) is 0 Å². The first-order valence-electron chi connectivity index (χ1n) is 5.59. The molecule has 0 saturated heterocycles. The quantitative estimate of drug-likeness (QED) is 0.654. The van der Waals surface area contributed by atoms with Gasteiger partial charge in [-0.15, -0.1) is 0 Å². The molecule has 0 radical (unpaired) electrons. The van der Waals surface area contributed by atoms with E-state index in [9.17, 15) is 0 Å². The van der Waals surface area contributed by atoms with Gasteiger partial charge >= 0.3 is 0 Å². The SMILES string of the molecule is Cc1c(-c2ccccc2)[nH]c2ccc(Br)cc12. The number of aromatic nitrogens is 1. The standard InChI is InChI=1S/C15H12BrN/c1-10-13-9-12(16)7-8-14(13)17-15(10)11-5-3-2-4-6-11/h2-9,17H,1H3. The van der Waals surface area contributed by atoms with Gasteiger partial charge in [-0.1, -0.05) is 46.3 Å². The maximum atomic E-state index is 3.52. The molecule has 0 aliphatic heterocycles. The maximum absolute atomic E-state index is 3.52. The highest BCUT2D eigenvalue weighted by atomic mass is 79.9. The molecule has 1 N–H and O–H groups in total.